The molecule has 0 bridgehead atoms. The topological polar surface area (TPSA) is 67.0 Å². The predicted octanol–water partition coefficient (Wildman–Crippen LogP) is 0.990. The molecule has 0 atom stereocenters. The number of aromatic nitrogens is 2. The van der Waals surface area contributed by atoms with E-state index in [0.29, 0.717) is 5.82 Å². The molecule has 0 amide bonds. The van der Waals surface area contributed by atoms with Crippen molar-refractivity contribution in [1.82, 2.24) is 9.97 Å². The Hall–Kier alpha value is -1.52. The van der Waals surface area contributed by atoms with Crippen LogP contribution in [0.3, 0.4) is 0 Å². The Morgan fingerprint density at radius 2 is 2.47 bits per heavy atom. The Labute approximate surface area is 87.9 Å². The van der Waals surface area contributed by atoms with Crippen molar-refractivity contribution in [3.63, 3.8) is 0 Å². The number of H-pyrrole nitrogens is 1. The summed E-state index contributed by atoms with van der Waals surface area (Å²) in [6.45, 7) is 0.868. The van der Waals surface area contributed by atoms with Gasteiger partial charge in [-0.2, -0.15) is 0 Å². The van der Waals surface area contributed by atoms with Crippen LogP contribution in [0.15, 0.2) is 11.1 Å². The van der Waals surface area contributed by atoms with Crippen molar-refractivity contribution < 1.29 is 4.74 Å². The summed E-state index contributed by atoms with van der Waals surface area (Å²) in [5, 5.41) is 3.15. The average Bonchev–Trinajstić information content (AvgIpc) is 2.15. The third-order valence-corrected chi connectivity index (χ3v) is 2.80. The number of rotatable bonds is 4. The SMILES string of the molecule is COc1c(NCC2CCC2)nc[nH]c1=O. The fourth-order valence-corrected chi connectivity index (χ4v) is 1.64. The standard InChI is InChI=1S/C10H15N3O2/c1-15-8-9(12-6-13-10(8)14)11-5-7-3-2-4-7/h6-7H,2-5H2,1H3,(H2,11,12,13,14). The molecular weight excluding hydrogens is 194 g/mol. The number of methoxy groups -OCH3 is 1. The highest BCUT2D eigenvalue weighted by atomic mass is 16.5. The molecule has 1 saturated carbocycles. The van der Waals surface area contributed by atoms with Gasteiger partial charge in [0.1, 0.15) is 0 Å². The Morgan fingerprint density at radius 3 is 3.07 bits per heavy atom. The summed E-state index contributed by atoms with van der Waals surface area (Å²) < 4.78 is 4.99. The van der Waals surface area contributed by atoms with E-state index in [1.165, 1.54) is 32.7 Å². The first-order chi connectivity index (χ1) is 7.31. The van der Waals surface area contributed by atoms with E-state index in [-0.39, 0.29) is 11.3 Å². The molecule has 0 spiro atoms. The summed E-state index contributed by atoms with van der Waals surface area (Å²) in [7, 11) is 1.47. The number of hydrogen-bond acceptors (Lipinski definition) is 4. The third kappa shape index (κ3) is 2.11. The maximum absolute atomic E-state index is 11.3. The van der Waals surface area contributed by atoms with E-state index < -0.39 is 0 Å². The van der Waals surface area contributed by atoms with Gasteiger partial charge in [0.2, 0.25) is 5.75 Å². The van der Waals surface area contributed by atoms with Crippen LogP contribution >= 0.6 is 0 Å². The van der Waals surface area contributed by atoms with Gasteiger partial charge in [-0.05, 0) is 18.8 Å². The van der Waals surface area contributed by atoms with Crippen LogP contribution < -0.4 is 15.6 Å². The molecule has 1 heterocycles. The van der Waals surface area contributed by atoms with Crippen molar-refractivity contribution in [2.24, 2.45) is 5.92 Å². The lowest BCUT2D eigenvalue weighted by atomic mass is 9.85. The minimum atomic E-state index is -0.247. The number of ether oxygens (including phenoxy) is 1. The highest BCUT2D eigenvalue weighted by Crippen LogP contribution is 2.27. The maximum Gasteiger partial charge on any atom is 0.295 e. The van der Waals surface area contributed by atoms with E-state index in [4.69, 9.17) is 4.74 Å². The molecule has 15 heavy (non-hydrogen) atoms. The van der Waals surface area contributed by atoms with Gasteiger partial charge in [-0.3, -0.25) is 4.79 Å². The fourth-order valence-electron chi connectivity index (χ4n) is 1.64. The minimum Gasteiger partial charge on any atom is -0.489 e. The predicted molar refractivity (Wildman–Crippen MR) is 57.2 cm³/mol. The fraction of sp³-hybridized carbons (Fsp3) is 0.600. The molecule has 0 unspecified atom stereocenters. The average molecular weight is 209 g/mol. The van der Waals surface area contributed by atoms with E-state index in [9.17, 15) is 4.79 Å². The van der Waals surface area contributed by atoms with E-state index in [1.807, 2.05) is 0 Å². The summed E-state index contributed by atoms with van der Waals surface area (Å²) in [5.41, 5.74) is -0.247. The lowest BCUT2D eigenvalue weighted by molar-refractivity contribution is 0.332. The van der Waals surface area contributed by atoms with Crippen molar-refractivity contribution in [2.75, 3.05) is 19.0 Å². The molecule has 0 radical (unpaired) electrons. The van der Waals surface area contributed by atoms with Crippen LogP contribution in [-0.2, 0) is 0 Å². The Balaban J connectivity index is 2.05. The van der Waals surface area contributed by atoms with Gasteiger partial charge in [0.15, 0.2) is 5.82 Å². The number of aromatic amines is 1. The number of nitrogens with zero attached hydrogens (tertiary/aromatic N) is 1. The Bertz CT molecular complexity index is 384. The lowest BCUT2D eigenvalue weighted by Crippen LogP contribution is -2.23. The third-order valence-electron chi connectivity index (χ3n) is 2.80. The quantitative estimate of drug-likeness (QED) is 0.776. The maximum atomic E-state index is 11.3. The summed E-state index contributed by atoms with van der Waals surface area (Å²) in [5.74, 6) is 1.51. The van der Waals surface area contributed by atoms with Gasteiger partial charge in [-0.25, -0.2) is 4.98 Å². The van der Waals surface area contributed by atoms with E-state index >= 15 is 0 Å². The minimum absolute atomic E-state index is 0.247. The van der Waals surface area contributed by atoms with Crippen LogP contribution in [0.1, 0.15) is 19.3 Å². The first-order valence-corrected chi connectivity index (χ1v) is 5.17. The molecule has 2 N–H and O–H groups in total. The molecule has 0 aromatic carbocycles. The van der Waals surface area contributed by atoms with Gasteiger partial charge in [0.05, 0.1) is 13.4 Å². The van der Waals surface area contributed by atoms with Crippen LogP contribution in [0.25, 0.3) is 0 Å². The first-order valence-electron chi connectivity index (χ1n) is 5.17. The normalized spacial score (nSPS) is 15.8. The molecule has 2 rings (SSSR count). The van der Waals surface area contributed by atoms with Crippen LogP contribution in [0.5, 0.6) is 5.75 Å². The molecule has 1 aromatic heterocycles. The summed E-state index contributed by atoms with van der Waals surface area (Å²) in [6.07, 6.45) is 5.22. The van der Waals surface area contributed by atoms with Crippen LogP contribution in [0.4, 0.5) is 5.82 Å². The summed E-state index contributed by atoms with van der Waals surface area (Å²) >= 11 is 0. The zero-order chi connectivity index (χ0) is 10.7. The molecule has 5 heteroatoms. The zero-order valence-electron chi connectivity index (χ0n) is 8.75. The molecule has 5 nitrogen and oxygen atoms in total. The highest BCUT2D eigenvalue weighted by molar-refractivity contribution is 5.47. The Morgan fingerprint density at radius 1 is 1.67 bits per heavy atom. The highest BCUT2D eigenvalue weighted by Gasteiger charge is 2.18. The second-order valence-corrected chi connectivity index (χ2v) is 3.79. The molecule has 82 valence electrons. The van der Waals surface area contributed by atoms with Crippen molar-refractivity contribution in [1.29, 1.82) is 0 Å². The lowest BCUT2D eigenvalue weighted by Gasteiger charge is -2.25. The molecule has 1 aliphatic rings. The van der Waals surface area contributed by atoms with Gasteiger partial charge in [0.25, 0.3) is 5.56 Å². The number of nitrogens with one attached hydrogen (secondary N) is 2. The monoisotopic (exact) mass is 209 g/mol. The largest absolute Gasteiger partial charge is 0.489 e. The van der Waals surface area contributed by atoms with Crippen molar-refractivity contribution >= 4 is 5.82 Å². The first kappa shape index (κ1) is 10.0. The summed E-state index contributed by atoms with van der Waals surface area (Å²) in [6, 6.07) is 0. The second-order valence-electron chi connectivity index (χ2n) is 3.79. The van der Waals surface area contributed by atoms with E-state index in [0.717, 1.165) is 12.5 Å². The van der Waals surface area contributed by atoms with Crippen LogP contribution in [-0.4, -0.2) is 23.6 Å². The molecule has 1 fully saturated rings. The number of anilines is 1. The van der Waals surface area contributed by atoms with E-state index in [1.54, 1.807) is 0 Å². The van der Waals surface area contributed by atoms with Crippen LogP contribution in [0, 0.1) is 5.92 Å². The van der Waals surface area contributed by atoms with Crippen LogP contribution in [0.2, 0.25) is 0 Å². The molecule has 0 aliphatic heterocycles. The van der Waals surface area contributed by atoms with Crippen molar-refractivity contribution in [2.45, 2.75) is 19.3 Å². The van der Waals surface area contributed by atoms with Gasteiger partial charge >= 0.3 is 0 Å². The van der Waals surface area contributed by atoms with Crippen molar-refractivity contribution in [3.05, 3.63) is 16.7 Å². The molecular formula is C10H15N3O2. The molecule has 1 aliphatic carbocycles. The van der Waals surface area contributed by atoms with E-state index in [2.05, 4.69) is 15.3 Å². The number of hydrogen-bond donors (Lipinski definition) is 2. The molecule has 1 aromatic rings. The second kappa shape index (κ2) is 4.33. The molecule has 0 saturated heterocycles. The van der Waals surface area contributed by atoms with Gasteiger partial charge in [-0.1, -0.05) is 6.42 Å². The Kier molecular flexibility index (Phi) is 2.89. The van der Waals surface area contributed by atoms with Gasteiger partial charge < -0.3 is 15.0 Å². The van der Waals surface area contributed by atoms with Gasteiger partial charge in [0, 0.05) is 6.54 Å². The van der Waals surface area contributed by atoms with Crippen molar-refractivity contribution in [3.8, 4) is 5.75 Å². The summed E-state index contributed by atoms with van der Waals surface area (Å²) in [4.78, 5) is 17.9. The zero-order valence-corrected chi connectivity index (χ0v) is 8.75. The van der Waals surface area contributed by atoms with Gasteiger partial charge in [-0.15, -0.1) is 0 Å². The smallest absolute Gasteiger partial charge is 0.295 e.